The van der Waals surface area contributed by atoms with Crippen molar-refractivity contribution in [3.63, 3.8) is 0 Å². The summed E-state index contributed by atoms with van der Waals surface area (Å²) >= 11 is 0. The molecule has 1 aliphatic carbocycles. The predicted octanol–water partition coefficient (Wildman–Crippen LogP) is 6.18. The maximum absolute atomic E-state index is 12.8. The van der Waals surface area contributed by atoms with Gasteiger partial charge in [-0.3, -0.25) is 4.79 Å². The molecular formula is C24H32F2N2O2. The van der Waals surface area contributed by atoms with Crippen molar-refractivity contribution in [1.82, 2.24) is 9.88 Å². The highest BCUT2D eigenvalue weighted by Gasteiger charge is 2.22. The van der Waals surface area contributed by atoms with Crippen LogP contribution in [0.15, 0.2) is 30.3 Å². The van der Waals surface area contributed by atoms with Crippen molar-refractivity contribution in [1.29, 1.82) is 0 Å². The van der Waals surface area contributed by atoms with Crippen molar-refractivity contribution in [2.24, 2.45) is 5.92 Å². The third-order valence-corrected chi connectivity index (χ3v) is 5.97. The van der Waals surface area contributed by atoms with Crippen LogP contribution in [0.25, 0.3) is 11.3 Å². The summed E-state index contributed by atoms with van der Waals surface area (Å²) in [5.41, 5.74) is 3.48. The van der Waals surface area contributed by atoms with Gasteiger partial charge >= 0.3 is 6.61 Å². The molecule has 0 radical (unpaired) electrons. The molecule has 6 heteroatoms. The zero-order chi connectivity index (χ0) is 21.5. The maximum Gasteiger partial charge on any atom is 0.387 e. The number of hydrogen-bond acceptors (Lipinski definition) is 2. The standard InChI is InChI=1S/C24H32F2N2O2/c1-3-4-14-27-23(29)21-15-22(19-10-12-20(13-11-19)30-24(25)26)28(17(21)2)16-18-8-6-5-7-9-18/h10-13,15,18,24H,3-9,14,16H2,1-2H3,(H,27,29). The van der Waals surface area contributed by atoms with E-state index < -0.39 is 6.61 Å². The lowest BCUT2D eigenvalue weighted by Crippen LogP contribution is -2.25. The summed E-state index contributed by atoms with van der Waals surface area (Å²) < 4.78 is 31.6. The van der Waals surface area contributed by atoms with Crippen LogP contribution in [0.2, 0.25) is 0 Å². The summed E-state index contributed by atoms with van der Waals surface area (Å²) in [5.74, 6) is 0.677. The van der Waals surface area contributed by atoms with Crippen LogP contribution in [0.5, 0.6) is 5.75 Å². The fourth-order valence-electron chi connectivity index (χ4n) is 4.26. The first kappa shape index (κ1) is 22.3. The molecule has 0 bridgehead atoms. The molecule has 1 N–H and O–H groups in total. The molecule has 1 aromatic carbocycles. The van der Waals surface area contributed by atoms with Crippen molar-refractivity contribution < 1.29 is 18.3 Å². The van der Waals surface area contributed by atoms with Crippen LogP contribution in [0.1, 0.15) is 67.9 Å². The molecule has 2 aromatic rings. The molecule has 4 nitrogen and oxygen atoms in total. The Morgan fingerprint density at radius 1 is 1.20 bits per heavy atom. The van der Waals surface area contributed by atoms with E-state index in [0.717, 1.165) is 36.3 Å². The second-order valence-electron chi connectivity index (χ2n) is 8.16. The minimum atomic E-state index is -2.84. The van der Waals surface area contributed by atoms with Gasteiger partial charge in [-0.2, -0.15) is 8.78 Å². The number of aromatic nitrogens is 1. The second-order valence-corrected chi connectivity index (χ2v) is 8.16. The third kappa shape index (κ3) is 5.61. The fourth-order valence-corrected chi connectivity index (χ4v) is 4.26. The Morgan fingerprint density at radius 2 is 1.90 bits per heavy atom. The summed E-state index contributed by atoms with van der Waals surface area (Å²) in [7, 11) is 0. The van der Waals surface area contributed by atoms with Gasteiger partial charge in [0.25, 0.3) is 5.91 Å². The number of alkyl halides is 2. The van der Waals surface area contributed by atoms with Gasteiger partial charge in [0.15, 0.2) is 0 Å². The van der Waals surface area contributed by atoms with Crippen LogP contribution in [0.3, 0.4) is 0 Å². The number of ether oxygens (including phenoxy) is 1. The fraction of sp³-hybridized carbons (Fsp3) is 0.542. The first-order valence-electron chi connectivity index (χ1n) is 11.0. The van der Waals surface area contributed by atoms with E-state index >= 15 is 0 Å². The average Bonchev–Trinajstić information content (AvgIpc) is 3.05. The lowest BCUT2D eigenvalue weighted by Gasteiger charge is -2.24. The summed E-state index contributed by atoms with van der Waals surface area (Å²) in [6.45, 7) is 2.79. The number of amides is 1. The number of halogens is 2. The highest BCUT2D eigenvalue weighted by molar-refractivity contribution is 5.97. The van der Waals surface area contributed by atoms with E-state index in [2.05, 4.69) is 21.5 Å². The van der Waals surface area contributed by atoms with Gasteiger partial charge in [-0.25, -0.2) is 0 Å². The smallest absolute Gasteiger partial charge is 0.387 e. The summed E-state index contributed by atoms with van der Waals surface area (Å²) in [6, 6.07) is 8.60. The number of nitrogens with one attached hydrogen (secondary N) is 1. The molecule has 3 rings (SSSR count). The molecule has 1 heterocycles. The monoisotopic (exact) mass is 418 g/mol. The van der Waals surface area contributed by atoms with Crippen LogP contribution >= 0.6 is 0 Å². The first-order chi connectivity index (χ1) is 14.5. The quantitative estimate of drug-likeness (QED) is 0.495. The number of nitrogens with zero attached hydrogens (tertiary/aromatic N) is 1. The highest BCUT2D eigenvalue weighted by atomic mass is 19.3. The number of carbonyl (C=O) groups is 1. The Labute approximate surface area is 177 Å². The molecule has 0 spiro atoms. The number of rotatable bonds is 9. The van der Waals surface area contributed by atoms with E-state index in [1.807, 2.05) is 13.0 Å². The summed E-state index contributed by atoms with van der Waals surface area (Å²) in [5, 5.41) is 3.01. The number of hydrogen-bond donors (Lipinski definition) is 1. The van der Waals surface area contributed by atoms with Crippen molar-refractivity contribution in [2.45, 2.75) is 71.9 Å². The average molecular weight is 419 g/mol. The Balaban J connectivity index is 1.90. The largest absolute Gasteiger partial charge is 0.435 e. The van der Waals surface area contributed by atoms with Crippen LogP contribution in [0.4, 0.5) is 8.78 Å². The Morgan fingerprint density at radius 3 is 2.53 bits per heavy atom. The molecule has 0 aliphatic heterocycles. The molecule has 30 heavy (non-hydrogen) atoms. The highest BCUT2D eigenvalue weighted by Crippen LogP contribution is 2.32. The predicted molar refractivity (Wildman–Crippen MR) is 115 cm³/mol. The van der Waals surface area contributed by atoms with E-state index in [9.17, 15) is 13.6 Å². The van der Waals surface area contributed by atoms with Gasteiger partial charge in [0.2, 0.25) is 0 Å². The van der Waals surface area contributed by atoms with Crippen molar-refractivity contribution in [3.05, 3.63) is 41.6 Å². The Bertz CT molecular complexity index is 824. The van der Waals surface area contributed by atoms with Gasteiger partial charge in [-0.1, -0.05) is 32.6 Å². The van der Waals surface area contributed by atoms with Gasteiger partial charge in [0.05, 0.1) is 5.56 Å². The molecule has 1 fully saturated rings. The number of unbranched alkanes of at least 4 members (excludes halogenated alkanes) is 1. The molecule has 0 unspecified atom stereocenters. The van der Waals surface area contributed by atoms with E-state index in [0.29, 0.717) is 18.0 Å². The molecule has 0 atom stereocenters. The van der Waals surface area contributed by atoms with E-state index in [4.69, 9.17) is 0 Å². The van der Waals surface area contributed by atoms with E-state index in [-0.39, 0.29) is 11.7 Å². The van der Waals surface area contributed by atoms with E-state index in [1.165, 1.54) is 32.1 Å². The lowest BCUT2D eigenvalue weighted by atomic mass is 9.89. The molecular weight excluding hydrogens is 386 g/mol. The van der Waals surface area contributed by atoms with Crippen LogP contribution < -0.4 is 10.1 Å². The van der Waals surface area contributed by atoms with Gasteiger partial charge < -0.3 is 14.6 Å². The van der Waals surface area contributed by atoms with Crippen LogP contribution in [0, 0.1) is 12.8 Å². The molecule has 0 saturated heterocycles. The minimum Gasteiger partial charge on any atom is -0.435 e. The molecule has 1 saturated carbocycles. The summed E-state index contributed by atoms with van der Waals surface area (Å²) in [4.78, 5) is 12.8. The molecule has 164 valence electrons. The van der Waals surface area contributed by atoms with Crippen molar-refractivity contribution in [2.75, 3.05) is 6.54 Å². The van der Waals surface area contributed by atoms with Crippen molar-refractivity contribution >= 4 is 5.91 Å². The molecule has 1 aromatic heterocycles. The normalized spacial score (nSPS) is 14.8. The topological polar surface area (TPSA) is 43.3 Å². The zero-order valence-electron chi connectivity index (χ0n) is 17.9. The van der Waals surface area contributed by atoms with Crippen LogP contribution in [-0.2, 0) is 6.54 Å². The van der Waals surface area contributed by atoms with E-state index in [1.54, 1.807) is 24.3 Å². The Hall–Kier alpha value is -2.37. The van der Waals surface area contributed by atoms with Crippen LogP contribution in [-0.4, -0.2) is 23.6 Å². The minimum absolute atomic E-state index is 0.0535. The summed E-state index contributed by atoms with van der Waals surface area (Å²) in [6.07, 6.45) is 8.19. The SMILES string of the molecule is CCCCNC(=O)c1cc(-c2ccc(OC(F)F)cc2)n(CC2CCCCC2)c1C. The Kier molecular flexibility index (Phi) is 7.88. The molecule has 1 aliphatic rings. The van der Waals surface area contributed by atoms with Crippen molar-refractivity contribution in [3.8, 4) is 17.0 Å². The number of benzene rings is 1. The molecule has 1 amide bonds. The lowest BCUT2D eigenvalue weighted by molar-refractivity contribution is -0.0498. The third-order valence-electron chi connectivity index (χ3n) is 5.97. The van der Waals surface area contributed by atoms with Gasteiger partial charge in [-0.15, -0.1) is 0 Å². The first-order valence-corrected chi connectivity index (χ1v) is 11.0. The van der Waals surface area contributed by atoms with Gasteiger partial charge in [-0.05, 0) is 68.0 Å². The maximum atomic E-state index is 12.8. The van der Waals surface area contributed by atoms with Gasteiger partial charge in [0.1, 0.15) is 5.75 Å². The zero-order valence-corrected chi connectivity index (χ0v) is 17.9. The van der Waals surface area contributed by atoms with Gasteiger partial charge in [0, 0.05) is 24.5 Å². The second kappa shape index (κ2) is 10.6. The number of carbonyl (C=O) groups excluding carboxylic acids is 1.